The quantitative estimate of drug-likeness (QED) is 0.328. The van der Waals surface area contributed by atoms with Crippen LogP contribution in [0.4, 0.5) is 0 Å². The lowest BCUT2D eigenvalue weighted by atomic mass is 10.0. The Morgan fingerprint density at radius 2 is 2.05 bits per heavy atom. The van der Waals surface area contributed by atoms with Crippen molar-refractivity contribution in [3.8, 4) is 0 Å². The van der Waals surface area contributed by atoms with Crippen LogP contribution in [0.5, 0.6) is 0 Å². The molecule has 3 fully saturated rings. The Hall–Kier alpha value is -0.850. The molecular weight excluding hydrogens is 256 g/mol. The van der Waals surface area contributed by atoms with Crippen LogP contribution in [0, 0.1) is 5.41 Å². The molecule has 0 aromatic heterocycles. The van der Waals surface area contributed by atoms with E-state index in [0.29, 0.717) is 11.9 Å². The van der Waals surface area contributed by atoms with E-state index < -0.39 is 0 Å². The maximum Gasteiger partial charge on any atom is 0.139 e. The van der Waals surface area contributed by atoms with Gasteiger partial charge < -0.3 is 20.6 Å². The summed E-state index contributed by atoms with van der Waals surface area (Å²) < 4.78 is 5.43. The normalized spacial score (nSPS) is 31.6. The summed E-state index contributed by atoms with van der Waals surface area (Å²) in [5.41, 5.74) is 5.96. The lowest BCUT2D eigenvalue weighted by Gasteiger charge is -2.32. The Morgan fingerprint density at radius 3 is 2.70 bits per heavy atom. The summed E-state index contributed by atoms with van der Waals surface area (Å²) in [6, 6.07) is 0.693. The fourth-order valence-electron chi connectivity index (χ4n) is 3.66. The van der Waals surface area contributed by atoms with Crippen LogP contribution < -0.4 is 5.73 Å². The van der Waals surface area contributed by atoms with Gasteiger partial charge in [0, 0.05) is 38.6 Å². The van der Waals surface area contributed by atoms with E-state index in [2.05, 4.69) is 15.0 Å². The third-order valence-corrected chi connectivity index (χ3v) is 5.01. The van der Waals surface area contributed by atoms with E-state index in [1.807, 2.05) is 0 Å². The van der Waals surface area contributed by atoms with E-state index in [-0.39, 0.29) is 5.41 Å². The second kappa shape index (κ2) is 5.87. The number of nitrogens with two attached hydrogens (primary N) is 1. The molecule has 0 spiro atoms. The van der Waals surface area contributed by atoms with Crippen molar-refractivity contribution in [3.05, 3.63) is 0 Å². The fourth-order valence-corrected chi connectivity index (χ4v) is 3.66. The van der Waals surface area contributed by atoms with Gasteiger partial charge in [-0.25, -0.2) is 0 Å². The topological polar surface area (TPSA) is 74.3 Å². The zero-order chi connectivity index (χ0) is 14.0. The summed E-state index contributed by atoms with van der Waals surface area (Å²) in [5.74, 6) is 0.381. The maximum absolute atomic E-state index is 8.73. The zero-order valence-corrected chi connectivity index (χ0v) is 12.1. The molecule has 3 N–H and O–H groups in total. The van der Waals surface area contributed by atoms with Crippen molar-refractivity contribution in [2.75, 3.05) is 45.9 Å². The molecule has 0 radical (unpaired) electrons. The molecule has 2 saturated heterocycles. The fraction of sp³-hybridized carbons (Fsp3) is 0.929. The van der Waals surface area contributed by atoms with Crippen molar-refractivity contribution < 1.29 is 9.94 Å². The Balaban J connectivity index is 1.48. The molecule has 6 heteroatoms. The number of rotatable bonds is 5. The van der Waals surface area contributed by atoms with E-state index >= 15 is 0 Å². The van der Waals surface area contributed by atoms with E-state index in [9.17, 15) is 0 Å². The second-order valence-corrected chi connectivity index (χ2v) is 6.59. The highest BCUT2D eigenvalue weighted by atomic mass is 16.5. The number of ether oxygens (including phenoxy) is 1. The Morgan fingerprint density at radius 1 is 1.30 bits per heavy atom. The Bertz CT molecular complexity index is 364. The van der Waals surface area contributed by atoms with Crippen molar-refractivity contribution >= 4 is 5.84 Å². The lowest BCUT2D eigenvalue weighted by molar-refractivity contribution is 0.0181. The van der Waals surface area contributed by atoms with Gasteiger partial charge in [0.15, 0.2) is 0 Å². The summed E-state index contributed by atoms with van der Waals surface area (Å²) in [7, 11) is 0. The molecule has 2 aliphatic heterocycles. The van der Waals surface area contributed by atoms with Gasteiger partial charge in [0.2, 0.25) is 0 Å². The lowest BCUT2D eigenvalue weighted by Crippen LogP contribution is -2.45. The minimum Gasteiger partial charge on any atom is -0.409 e. The molecule has 1 atom stereocenters. The number of morpholine rings is 1. The number of oxime groups is 1. The van der Waals surface area contributed by atoms with Crippen molar-refractivity contribution in [2.45, 2.75) is 31.7 Å². The first-order valence-corrected chi connectivity index (χ1v) is 7.71. The van der Waals surface area contributed by atoms with Gasteiger partial charge in [-0.2, -0.15) is 0 Å². The standard InChI is InChI=1S/C14H26N4O2/c15-13(16-19)9-14(2-3-14)11-17-4-1-12(10-17)18-5-7-20-8-6-18/h12,19H,1-11H2,(H2,15,16). The van der Waals surface area contributed by atoms with Crippen LogP contribution in [0.25, 0.3) is 0 Å². The first-order valence-electron chi connectivity index (χ1n) is 7.71. The Labute approximate surface area is 120 Å². The summed E-state index contributed by atoms with van der Waals surface area (Å²) >= 11 is 0. The largest absolute Gasteiger partial charge is 0.409 e. The average molecular weight is 282 g/mol. The summed E-state index contributed by atoms with van der Waals surface area (Å²) in [4.78, 5) is 5.14. The van der Waals surface area contributed by atoms with Crippen LogP contribution in [0.2, 0.25) is 0 Å². The summed E-state index contributed by atoms with van der Waals surface area (Å²) in [6.07, 6.45) is 4.42. The highest BCUT2D eigenvalue weighted by molar-refractivity contribution is 5.80. The molecule has 1 aliphatic carbocycles. The number of nitrogens with zero attached hydrogens (tertiary/aromatic N) is 3. The highest BCUT2D eigenvalue weighted by Crippen LogP contribution is 2.49. The van der Waals surface area contributed by atoms with Crippen molar-refractivity contribution in [1.82, 2.24) is 9.80 Å². The molecule has 1 unspecified atom stereocenters. The third kappa shape index (κ3) is 3.24. The van der Waals surface area contributed by atoms with Gasteiger partial charge in [0.25, 0.3) is 0 Å². The Kier molecular flexibility index (Phi) is 4.14. The molecule has 0 bridgehead atoms. The van der Waals surface area contributed by atoms with Gasteiger partial charge >= 0.3 is 0 Å². The minimum absolute atomic E-state index is 0.288. The predicted octanol–water partition coefficient (Wildman–Crippen LogP) is 0.310. The molecule has 1 saturated carbocycles. The second-order valence-electron chi connectivity index (χ2n) is 6.59. The molecule has 3 aliphatic rings. The van der Waals surface area contributed by atoms with Gasteiger partial charge in [-0.3, -0.25) is 4.90 Å². The van der Waals surface area contributed by atoms with Crippen molar-refractivity contribution in [2.24, 2.45) is 16.3 Å². The monoisotopic (exact) mass is 282 g/mol. The van der Waals surface area contributed by atoms with E-state index in [4.69, 9.17) is 15.7 Å². The van der Waals surface area contributed by atoms with Crippen LogP contribution >= 0.6 is 0 Å². The number of hydrogen-bond acceptors (Lipinski definition) is 5. The van der Waals surface area contributed by atoms with Crippen LogP contribution in [-0.4, -0.2) is 72.8 Å². The first-order chi connectivity index (χ1) is 9.71. The van der Waals surface area contributed by atoms with Crippen molar-refractivity contribution in [3.63, 3.8) is 0 Å². The summed E-state index contributed by atoms with van der Waals surface area (Å²) in [6.45, 7) is 7.36. The molecule has 6 nitrogen and oxygen atoms in total. The molecular formula is C14H26N4O2. The summed E-state index contributed by atoms with van der Waals surface area (Å²) in [5, 5.41) is 11.9. The first kappa shape index (κ1) is 14.1. The highest BCUT2D eigenvalue weighted by Gasteiger charge is 2.45. The van der Waals surface area contributed by atoms with Crippen LogP contribution in [0.15, 0.2) is 5.16 Å². The van der Waals surface area contributed by atoms with Crippen molar-refractivity contribution in [1.29, 1.82) is 0 Å². The van der Waals surface area contributed by atoms with Gasteiger partial charge in [0.05, 0.1) is 13.2 Å². The van der Waals surface area contributed by atoms with Gasteiger partial charge in [0.1, 0.15) is 5.84 Å². The van der Waals surface area contributed by atoms with Crippen LogP contribution in [0.3, 0.4) is 0 Å². The SMILES string of the molecule is NC(CC1(CN2CCC(N3CCOCC3)C2)CC1)=NO. The van der Waals surface area contributed by atoms with Gasteiger partial charge in [-0.15, -0.1) is 0 Å². The number of amidine groups is 1. The number of hydrogen-bond donors (Lipinski definition) is 2. The van der Waals surface area contributed by atoms with E-state index in [0.717, 1.165) is 45.8 Å². The molecule has 3 rings (SSSR count). The maximum atomic E-state index is 8.73. The van der Waals surface area contributed by atoms with Crippen LogP contribution in [0.1, 0.15) is 25.7 Å². The number of likely N-dealkylation sites (tertiary alicyclic amines) is 1. The minimum atomic E-state index is 0.288. The van der Waals surface area contributed by atoms with Gasteiger partial charge in [-0.05, 0) is 31.2 Å². The molecule has 0 amide bonds. The van der Waals surface area contributed by atoms with Gasteiger partial charge in [-0.1, -0.05) is 5.16 Å². The van der Waals surface area contributed by atoms with E-state index in [1.54, 1.807) is 0 Å². The molecule has 20 heavy (non-hydrogen) atoms. The third-order valence-electron chi connectivity index (χ3n) is 5.01. The van der Waals surface area contributed by atoms with Crippen LogP contribution in [-0.2, 0) is 4.74 Å². The van der Waals surface area contributed by atoms with E-state index in [1.165, 1.54) is 25.8 Å². The molecule has 0 aromatic carbocycles. The molecule has 0 aromatic rings. The average Bonchev–Trinajstić information content (AvgIpc) is 3.06. The molecule has 2 heterocycles. The smallest absolute Gasteiger partial charge is 0.139 e. The molecule has 114 valence electrons. The predicted molar refractivity (Wildman–Crippen MR) is 76.9 cm³/mol. The zero-order valence-electron chi connectivity index (χ0n) is 12.1.